The maximum absolute atomic E-state index is 12.4. The summed E-state index contributed by atoms with van der Waals surface area (Å²) in [5.41, 5.74) is 3.05. The van der Waals surface area contributed by atoms with Crippen LogP contribution in [0.3, 0.4) is 0 Å². The highest BCUT2D eigenvalue weighted by atomic mass is 79.9. The van der Waals surface area contributed by atoms with Gasteiger partial charge in [-0.3, -0.25) is 14.3 Å². The van der Waals surface area contributed by atoms with Gasteiger partial charge in [0.15, 0.2) is 0 Å². The smallest absolute Gasteiger partial charge is 0.257 e. The third-order valence-electron chi connectivity index (χ3n) is 4.60. The Morgan fingerprint density at radius 3 is 2.52 bits per heavy atom. The minimum atomic E-state index is -0.246. The number of imidazole rings is 1. The van der Waals surface area contributed by atoms with E-state index >= 15 is 0 Å². The summed E-state index contributed by atoms with van der Waals surface area (Å²) < 4.78 is 8.55. The molecule has 1 aromatic carbocycles. The first-order valence-electron chi connectivity index (χ1n) is 9.45. The number of carbonyl (C=O) groups is 1. The van der Waals surface area contributed by atoms with Gasteiger partial charge in [-0.2, -0.15) is 4.98 Å². The van der Waals surface area contributed by atoms with Crippen LogP contribution in [0, 0.1) is 20.8 Å². The number of nitrogens with one attached hydrogen (secondary N) is 1. The van der Waals surface area contributed by atoms with Crippen molar-refractivity contribution in [1.29, 1.82) is 0 Å². The van der Waals surface area contributed by atoms with E-state index in [0.29, 0.717) is 34.5 Å². The lowest BCUT2D eigenvalue weighted by Crippen LogP contribution is -2.12. The zero-order chi connectivity index (χ0) is 22.0. The Labute approximate surface area is 187 Å². The topological polar surface area (TPSA) is 94.8 Å². The van der Waals surface area contributed by atoms with Crippen LogP contribution in [0.15, 0.2) is 59.6 Å². The summed E-state index contributed by atoms with van der Waals surface area (Å²) >= 11 is 3.31. The molecular weight excluding hydrogens is 460 g/mol. The number of carbonyl (C=O) groups excluding carboxylic acids is 1. The van der Waals surface area contributed by atoms with Gasteiger partial charge >= 0.3 is 0 Å². The molecule has 4 rings (SSSR count). The fourth-order valence-corrected chi connectivity index (χ4v) is 3.26. The third-order valence-corrected chi connectivity index (χ3v) is 5.03. The van der Waals surface area contributed by atoms with Crippen LogP contribution in [0.25, 0.3) is 5.82 Å². The van der Waals surface area contributed by atoms with E-state index in [-0.39, 0.29) is 5.91 Å². The van der Waals surface area contributed by atoms with E-state index in [1.807, 2.05) is 25.3 Å². The number of hydrogen-bond donors (Lipinski definition) is 1. The second-order valence-corrected chi connectivity index (χ2v) is 7.79. The van der Waals surface area contributed by atoms with E-state index in [0.717, 1.165) is 15.9 Å². The van der Waals surface area contributed by atoms with Gasteiger partial charge in [0.25, 0.3) is 5.91 Å². The zero-order valence-electron chi connectivity index (χ0n) is 17.1. The molecule has 0 aliphatic rings. The molecule has 9 heteroatoms. The number of benzene rings is 1. The molecule has 3 heterocycles. The number of hydrogen-bond acceptors (Lipinski definition) is 6. The first-order chi connectivity index (χ1) is 14.9. The van der Waals surface area contributed by atoms with Crippen LogP contribution in [0.5, 0.6) is 11.6 Å². The van der Waals surface area contributed by atoms with Gasteiger partial charge in [0.05, 0.1) is 11.3 Å². The van der Waals surface area contributed by atoms with E-state index in [1.165, 1.54) is 6.20 Å². The lowest BCUT2D eigenvalue weighted by Gasteiger charge is -2.10. The number of rotatable bonds is 5. The van der Waals surface area contributed by atoms with E-state index in [9.17, 15) is 4.79 Å². The van der Waals surface area contributed by atoms with Gasteiger partial charge in [-0.05, 0) is 67.0 Å². The fraction of sp³-hybridized carbons (Fsp3) is 0.136. The van der Waals surface area contributed by atoms with Crippen molar-refractivity contribution in [3.05, 3.63) is 82.4 Å². The van der Waals surface area contributed by atoms with Gasteiger partial charge in [0, 0.05) is 34.3 Å². The Kier molecular flexibility index (Phi) is 5.77. The Hall–Kier alpha value is -3.59. The number of amides is 1. The minimum absolute atomic E-state index is 0.246. The molecule has 0 saturated carbocycles. The van der Waals surface area contributed by atoms with Crippen LogP contribution in [-0.4, -0.2) is 30.4 Å². The van der Waals surface area contributed by atoms with Gasteiger partial charge < -0.3 is 10.1 Å². The zero-order valence-corrected chi connectivity index (χ0v) is 18.7. The second-order valence-electron chi connectivity index (χ2n) is 6.87. The molecule has 0 unspecified atom stereocenters. The highest BCUT2D eigenvalue weighted by Gasteiger charge is 2.11. The Morgan fingerprint density at radius 1 is 1.06 bits per heavy atom. The SMILES string of the molecule is Cc1nc(Oc2ccc(NC(=O)c3cncc(Br)c3)cc2)cc(-n2cnc(C)c2C)n1. The predicted octanol–water partition coefficient (Wildman–Crippen LogP) is 4.79. The number of aryl methyl sites for hydroxylation is 2. The molecule has 31 heavy (non-hydrogen) atoms. The first kappa shape index (κ1) is 20.7. The third kappa shape index (κ3) is 4.77. The molecule has 0 saturated heterocycles. The second kappa shape index (κ2) is 8.65. The Morgan fingerprint density at radius 2 is 1.84 bits per heavy atom. The average Bonchev–Trinajstić information content (AvgIpc) is 3.07. The van der Waals surface area contributed by atoms with E-state index in [1.54, 1.807) is 48.9 Å². The quantitative estimate of drug-likeness (QED) is 0.443. The molecule has 4 aromatic rings. The molecule has 0 aliphatic heterocycles. The standard InChI is InChI=1S/C22H19BrN6O2/c1-13-14(2)29(12-25-13)20-9-21(27-15(3)26-20)31-19-6-4-18(5-7-19)28-22(30)16-8-17(23)11-24-10-16/h4-12H,1-3H3,(H,28,30). The van der Waals surface area contributed by atoms with Crippen molar-refractivity contribution >= 4 is 27.5 Å². The Bertz CT molecular complexity index is 1250. The van der Waals surface area contributed by atoms with Crippen LogP contribution in [0.2, 0.25) is 0 Å². The van der Waals surface area contributed by atoms with Crippen LogP contribution in [0.1, 0.15) is 27.6 Å². The van der Waals surface area contributed by atoms with Gasteiger partial charge in [0.2, 0.25) is 5.88 Å². The monoisotopic (exact) mass is 478 g/mol. The normalized spacial score (nSPS) is 10.7. The van der Waals surface area contributed by atoms with E-state index in [2.05, 4.69) is 41.2 Å². The molecule has 156 valence electrons. The summed E-state index contributed by atoms with van der Waals surface area (Å²) in [6, 6.07) is 10.5. The van der Waals surface area contributed by atoms with Crippen molar-refractivity contribution in [2.45, 2.75) is 20.8 Å². The van der Waals surface area contributed by atoms with Crippen LogP contribution in [0.4, 0.5) is 5.69 Å². The molecule has 0 aliphatic carbocycles. The van der Waals surface area contributed by atoms with Crippen LogP contribution >= 0.6 is 15.9 Å². The summed E-state index contributed by atoms with van der Waals surface area (Å²) in [4.78, 5) is 29.5. The number of halogens is 1. The van der Waals surface area contributed by atoms with Gasteiger partial charge in [-0.15, -0.1) is 0 Å². The number of pyridine rings is 1. The first-order valence-corrected chi connectivity index (χ1v) is 10.2. The molecule has 0 atom stereocenters. The van der Waals surface area contributed by atoms with Crippen LogP contribution in [-0.2, 0) is 0 Å². The van der Waals surface area contributed by atoms with Crippen molar-refractivity contribution in [2.24, 2.45) is 0 Å². The fourth-order valence-electron chi connectivity index (χ4n) is 2.90. The van der Waals surface area contributed by atoms with Gasteiger partial charge in [0.1, 0.15) is 23.7 Å². The molecule has 0 radical (unpaired) electrons. The molecule has 8 nitrogen and oxygen atoms in total. The summed E-state index contributed by atoms with van der Waals surface area (Å²) in [6.45, 7) is 5.74. The van der Waals surface area contributed by atoms with Crippen molar-refractivity contribution in [3.63, 3.8) is 0 Å². The van der Waals surface area contributed by atoms with Gasteiger partial charge in [-0.1, -0.05) is 0 Å². The predicted molar refractivity (Wildman–Crippen MR) is 120 cm³/mol. The van der Waals surface area contributed by atoms with Crippen molar-refractivity contribution in [1.82, 2.24) is 24.5 Å². The summed E-state index contributed by atoms with van der Waals surface area (Å²) in [5, 5.41) is 2.83. The molecule has 3 aromatic heterocycles. The average molecular weight is 479 g/mol. The molecular formula is C22H19BrN6O2. The van der Waals surface area contributed by atoms with Gasteiger partial charge in [-0.25, -0.2) is 9.97 Å². The number of aromatic nitrogens is 5. The van der Waals surface area contributed by atoms with E-state index in [4.69, 9.17) is 4.74 Å². The van der Waals surface area contributed by atoms with Crippen molar-refractivity contribution < 1.29 is 9.53 Å². The van der Waals surface area contributed by atoms with E-state index < -0.39 is 0 Å². The lowest BCUT2D eigenvalue weighted by molar-refractivity contribution is 0.102. The van der Waals surface area contributed by atoms with Crippen molar-refractivity contribution in [3.8, 4) is 17.4 Å². The summed E-state index contributed by atoms with van der Waals surface area (Å²) in [6.07, 6.45) is 4.86. The maximum Gasteiger partial charge on any atom is 0.257 e. The summed E-state index contributed by atoms with van der Waals surface area (Å²) in [5.74, 6) is 2.04. The molecule has 0 spiro atoms. The summed E-state index contributed by atoms with van der Waals surface area (Å²) in [7, 11) is 0. The molecule has 0 bridgehead atoms. The van der Waals surface area contributed by atoms with Crippen molar-refractivity contribution in [2.75, 3.05) is 5.32 Å². The molecule has 0 fully saturated rings. The highest BCUT2D eigenvalue weighted by molar-refractivity contribution is 9.10. The Balaban J connectivity index is 1.49. The number of anilines is 1. The number of nitrogens with zero attached hydrogens (tertiary/aromatic N) is 5. The van der Waals surface area contributed by atoms with Crippen LogP contribution < -0.4 is 10.1 Å². The highest BCUT2D eigenvalue weighted by Crippen LogP contribution is 2.24. The molecule has 1 N–H and O–H groups in total. The maximum atomic E-state index is 12.4. The lowest BCUT2D eigenvalue weighted by atomic mass is 10.2. The number of ether oxygens (including phenoxy) is 1. The minimum Gasteiger partial charge on any atom is -0.439 e. The molecule has 1 amide bonds. The largest absolute Gasteiger partial charge is 0.439 e.